The highest BCUT2D eigenvalue weighted by Crippen LogP contribution is 2.29. The van der Waals surface area contributed by atoms with Gasteiger partial charge in [-0.3, -0.25) is 4.79 Å². The molecule has 1 aliphatic carbocycles. The van der Waals surface area contributed by atoms with Crippen molar-refractivity contribution in [1.29, 1.82) is 0 Å². The van der Waals surface area contributed by atoms with Crippen LogP contribution in [0.1, 0.15) is 44.6 Å². The molecule has 0 bridgehead atoms. The summed E-state index contributed by atoms with van der Waals surface area (Å²) < 4.78 is 33.2. The molecule has 1 aromatic carbocycles. The van der Waals surface area contributed by atoms with Gasteiger partial charge in [-0.15, -0.1) is 0 Å². The van der Waals surface area contributed by atoms with Gasteiger partial charge >= 0.3 is 0 Å². The summed E-state index contributed by atoms with van der Waals surface area (Å²) in [4.78, 5) is 14.5. The summed E-state index contributed by atoms with van der Waals surface area (Å²) >= 11 is 0. The summed E-state index contributed by atoms with van der Waals surface area (Å²) in [5, 5.41) is 0. The highest BCUT2D eigenvalue weighted by molar-refractivity contribution is 7.89. The summed E-state index contributed by atoms with van der Waals surface area (Å²) in [7, 11) is -2.02. The molecule has 6 nitrogen and oxygen atoms in total. The van der Waals surface area contributed by atoms with Gasteiger partial charge in [-0.25, -0.2) is 13.1 Å². The quantitative estimate of drug-likeness (QED) is 0.788. The molecule has 0 spiro atoms. The van der Waals surface area contributed by atoms with Crippen molar-refractivity contribution >= 4 is 15.9 Å². The Morgan fingerprint density at radius 1 is 1.27 bits per heavy atom. The second kappa shape index (κ2) is 7.96. The number of hydrogen-bond donors (Lipinski definition) is 1. The van der Waals surface area contributed by atoms with Crippen molar-refractivity contribution in [3.05, 3.63) is 23.8 Å². The van der Waals surface area contributed by atoms with Crippen molar-refractivity contribution < 1.29 is 17.9 Å². The number of aryl methyl sites for hydroxylation is 1. The van der Waals surface area contributed by atoms with E-state index in [1.807, 2.05) is 11.8 Å². The molecule has 0 radical (unpaired) electrons. The highest BCUT2D eigenvalue weighted by atomic mass is 32.2. The summed E-state index contributed by atoms with van der Waals surface area (Å²) in [6, 6.07) is 5.27. The number of carbonyl (C=O) groups is 1. The normalized spacial score (nSPS) is 21.5. The van der Waals surface area contributed by atoms with Gasteiger partial charge in [0.25, 0.3) is 0 Å². The lowest BCUT2D eigenvalue weighted by molar-refractivity contribution is -0.129. The van der Waals surface area contributed by atoms with Crippen molar-refractivity contribution in [3.8, 4) is 5.75 Å². The molecule has 7 heteroatoms. The lowest BCUT2D eigenvalue weighted by atomic mass is 10.1. The maximum atomic E-state index is 12.6. The fourth-order valence-corrected chi connectivity index (χ4v) is 5.19. The molecule has 1 aromatic rings. The molecule has 1 atom stereocenters. The fourth-order valence-electron chi connectivity index (χ4n) is 4.02. The van der Waals surface area contributed by atoms with Gasteiger partial charge in [0.2, 0.25) is 15.9 Å². The molecule has 26 heavy (non-hydrogen) atoms. The number of nitrogens with one attached hydrogen (secondary N) is 1. The van der Waals surface area contributed by atoms with Gasteiger partial charge in [0.05, 0.1) is 12.0 Å². The van der Waals surface area contributed by atoms with Crippen molar-refractivity contribution in [3.63, 3.8) is 0 Å². The molecule has 2 fully saturated rings. The Morgan fingerprint density at radius 2 is 2.00 bits per heavy atom. The molecule has 1 amide bonds. The second-order valence-corrected chi connectivity index (χ2v) is 9.00. The molecule has 1 heterocycles. The van der Waals surface area contributed by atoms with Crippen LogP contribution in [0.15, 0.2) is 23.1 Å². The maximum Gasteiger partial charge on any atom is 0.240 e. The minimum Gasteiger partial charge on any atom is -0.496 e. The topological polar surface area (TPSA) is 75.7 Å². The minimum atomic E-state index is -3.59. The molecule has 0 aromatic heterocycles. The van der Waals surface area contributed by atoms with Crippen LogP contribution in [0.3, 0.4) is 0 Å². The molecule has 1 N–H and O–H groups in total. The molecule has 1 aliphatic heterocycles. The van der Waals surface area contributed by atoms with Crippen molar-refractivity contribution in [2.45, 2.75) is 56.4 Å². The van der Waals surface area contributed by atoms with Crippen LogP contribution in [0, 0.1) is 5.92 Å². The van der Waals surface area contributed by atoms with E-state index in [2.05, 4.69) is 4.72 Å². The lowest BCUT2D eigenvalue weighted by Crippen LogP contribution is -2.36. The van der Waals surface area contributed by atoms with Gasteiger partial charge in [0.1, 0.15) is 5.75 Å². The number of amides is 1. The fraction of sp³-hybridized carbons (Fsp3) is 0.632. The molecule has 1 saturated heterocycles. The van der Waals surface area contributed by atoms with Crippen LogP contribution in [0.2, 0.25) is 0 Å². The van der Waals surface area contributed by atoms with Gasteiger partial charge in [-0.05, 0) is 48.9 Å². The Balaban J connectivity index is 1.63. The molecule has 2 aliphatic rings. The van der Waals surface area contributed by atoms with Crippen LogP contribution < -0.4 is 9.46 Å². The Kier molecular flexibility index (Phi) is 5.87. The van der Waals surface area contributed by atoms with Gasteiger partial charge in [-0.2, -0.15) is 0 Å². The van der Waals surface area contributed by atoms with Gasteiger partial charge in [0, 0.05) is 25.6 Å². The van der Waals surface area contributed by atoms with Crippen molar-refractivity contribution in [2.24, 2.45) is 5.92 Å². The Bertz CT molecular complexity index is 757. The van der Waals surface area contributed by atoms with E-state index in [1.54, 1.807) is 25.3 Å². The predicted octanol–water partition coefficient (Wildman–Crippen LogP) is 2.33. The van der Waals surface area contributed by atoms with E-state index in [4.69, 9.17) is 4.74 Å². The molecule has 0 unspecified atom stereocenters. The number of sulfonamides is 1. The Morgan fingerprint density at radius 3 is 2.65 bits per heavy atom. The van der Waals surface area contributed by atoms with E-state index in [-0.39, 0.29) is 16.7 Å². The third-order valence-electron chi connectivity index (χ3n) is 5.51. The summed E-state index contributed by atoms with van der Waals surface area (Å²) in [5.74, 6) is 0.903. The first-order chi connectivity index (χ1) is 12.4. The zero-order valence-corrected chi connectivity index (χ0v) is 16.3. The first kappa shape index (κ1) is 19.2. The van der Waals surface area contributed by atoms with E-state index < -0.39 is 10.0 Å². The number of carbonyl (C=O) groups excluding carboxylic acids is 1. The summed E-state index contributed by atoms with van der Waals surface area (Å²) in [5.41, 5.74) is 0.860. The number of benzene rings is 1. The third kappa shape index (κ3) is 4.04. The van der Waals surface area contributed by atoms with Crippen molar-refractivity contribution in [1.82, 2.24) is 9.62 Å². The monoisotopic (exact) mass is 380 g/mol. The van der Waals surface area contributed by atoms with E-state index in [9.17, 15) is 13.2 Å². The number of methoxy groups -OCH3 is 1. The van der Waals surface area contributed by atoms with Crippen LogP contribution in [0.4, 0.5) is 0 Å². The van der Waals surface area contributed by atoms with Crippen LogP contribution in [-0.4, -0.2) is 45.5 Å². The average Bonchev–Trinajstić information content (AvgIpc) is 3.28. The molecular weight excluding hydrogens is 352 g/mol. The zero-order chi connectivity index (χ0) is 18.7. The second-order valence-electron chi connectivity index (χ2n) is 7.23. The van der Waals surface area contributed by atoms with E-state index in [1.165, 1.54) is 12.8 Å². The molecular formula is C19H28N2O4S. The SMILES string of the molecule is CCc1cc(S(=O)(=O)NC[C@H]2CC(=O)N(C3CCCC3)C2)ccc1OC. The molecule has 144 valence electrons. The maximum absolute atomic E-state index is 12.6. The van der Waals surface area contributed by atoms with Gasteiger partial charge in [0.15, 0.2) is 0 Å². The number of hydrogen-bond acceptors (Lipinski definition) is 4. The van der Waals surface area contributed by atoms with E-state index >= 15 is 0 Å². The first-order valence-electron chi connectivity index (χ1n) is 9.40. The Hall–Kier alpha value is -1.60. The average molecular weight is 381 g/mol. The predicted molar refractivity (Wildman–Crippen MR) is 99.6 cm³/mol. The standard InChI is InChI=1S/C19H28N2O4S/c1-3-15-11-17(8-9-18(15)25-2)26(23,24)20-12-14-10-19(22)21(13-14)16-6-4-5-7-16/h8-9,11,14,16,20H,3-7,10,12-13H2,1-2H3/t14-/m1/s1. The Labute approximate surface area is 156 Å². The highest BCUT2D eigenvalue weighted by Gasteiger charge is 2.35. The van der Waals surface area contributed by atoms with Crippen LogP contribution in [0.25, 0.3) is 0 Å². The zero-order valence-electron chi connectivity index (χ0n) is 15.5. The smallest absolute Gasteiger partial charge is 0.240 e. The first-order valence-corrected chi connectivity index (χ1v) is 10.9. The van der Waals surface area contributed by atoms with E-state index in [0.717, 1.165) is 18.4 Å². The van der Waals surface area contributed by atoms with Crippen LogP contribution >= 0.6 is 0 Å². The van der Waals surface area contributed by atoms with Gasteiger partial charge in [-0.1, -0.05) is 19.8 Å². The number of rotatable bonds is 7. The van der Waals surface area contributed by atoms with Crippen LogP contribution in [-0.2, 0) is 21.2 Å². The van der Waals surface area contributed by atoms with Crippen LogP contribution in [0.5, 0.6) is 5.75 Å². The minimum absolute atomic E-state index is 0.0433. The largest absolute Gasteiger partial charge is 0.496 e. The summed E-state index contributed by atoms with van der Waals surface area (Å²) in [6.07, 6.45) is 5.65. The number of likely N-dealkylation sites (tertiary alicyclic amines) is 1. The third-order valence-corrected chi connectivity index (χ3v) is 6.93. The number of ether oxygens (including phenoxy) is 1. The molecule has 3 rings (SSSR count). The summed E-state index contributed by atoms with van der Waals surface area (Å²) in [6.45, 7) is 2.92. The van der Waals surface area contributed by atoms with Crippen molar-refractivity contribution in [2.75, 3.05) is 20.2 Å². The lowest BCUT2D eigenvalue weighted by Gasteiger charge is -2.24. The number of nitrogens with zero attached hydrogens (tertiary/aromatic N) is 1. The van der Waals surface area contributed by atoms with Gasteiger partial charge < -0.3 is 9.64 Å². The van der Waals surface area contributed by atoms with E-state index in [0.29, 0.717) is 37.7 Å². The molecule has 1 saturated carbocycles.